The third-order valence-electron chi connectivity index (χ3n) is 5.76. The van der Waals surface area contributed by atoms with Crippen LogP contribution in [0.4, 0.5) is 11.6 Å². The maximum Gasteiger partial charge on any atom is 0.295 e. The van der Waals surface area contributed by atoms with E-state index < -0.39 is 11.7 Å². The number of amides is 1. The van der Waals surface area contributed by atoms with E-state index in [1.54, 1.807) is 28.6 Å². The summed E-state index contributed by atoms with van der Waals surface area (Å²) >= 11 is 1.62. The molecule has 1 aromatic carbocycles. The van der Waals surface area contributed by atoms with Gasteiger partial charge >= 0.3 is 0 Å². The van der Waals surface area contributed by atoms with Crippen LogP contribution < -0.4 is 5.32 Å². The number of carbonyl (C=O) groups is 2. The van der Waals surface area contributed by atoms with Crippen molar-refractivity contribution in [2.75, 3.05) is 18.4 Å². The number of hydrogen-bond donors (Lipinski definition) is 1. The predicted molar refractivity (Wildman–Crippen MR) is 126 cm³/mol. The number of hydrogen-bond acceptors (Lipinski definition) is 6. The molecule has 5 rings (SSSR count). The van der Waals surface area contributed by atoms with Gasteiger partial charge in [-0.25, -0.2) is 9.97 Å². The Balaban J connectivity index is 1.44. The normalized spacial score (nSPS) is 14.0. The number of aryl methyl sites for hydroxylation is 1. The molecular weight excluding hydrogens is 422 g/mol. The van der Waals surface area contributed by atoms with Crippen LogP contribution in [-0.4, -0.2) is 44.2 Å². The molecule has 7 nitrogen and oxygen atoms in total. The second-order valence-electron chi connectivity index (χ2n) is 7.94. The fraction of sp³-hybridized carbons (Fsp3) is 0.250. The second-order valence-corrected chi connectivity index (χ2v) is 8.88. The van der Waals surface area contributed by atoms with Crippen molar-refractivity contribution in [2.24, 2.45) is 7.05 Å². The van der Waals surface area contributed by atoms with E-state index in [1.165, 1.54) is 0 Å². The molecule has 0 atom stereocenters. The number of likely N-dealkylation sites (tertiary alicyclic amines) is 1. The topological polar surface area (TPSA) is 80.1 Å². The van der Waals surface area contributed by atoms with Crippen LogP contribution in [-0.2, 0) is 11.8 Å². The molecule has 32 heavy (non-hydrogen) atoms. The molecule has 4 aromatic rings. The van der Waals surface area contributed by atoms with Gasteiger partial charge in [-0.05, 0) is 55.0 Å². The molecule has 0 radical (unpaired) electrons. The molecule has 0 saturated carbocycles. The first-order chi connectivity index (χ1) is 15.6. The summed E-state index contributed by atoms with van der Waals surface area (Å²) in [7, 11) is 1.88. The molecule has 0 bridgehead atoms. The first kappa shape index (κ1) is 20.4. The molecule has 0 spiro atoms. The van der Waals surface area contributed by atoms with Gasteiger partial charge < -0.3 is 14.8 Å². The first-order valence-corrected chi connectivity index (χ1v) is 11.5. The lowest BCUT2D eigenvalue weighted by molar-refractivity contribution is -0.127. The number of rotatable bonds is 5. The Hall–Kier alpha value is -3.52. The zero-order valence-electron chi connectivity index (χ0n) is 17.7. The van der Waals surface area contributed by atoms with Crippen molar-refractivity contribution in [3.63, 3.8) is 0 Å². The minimum Gasteiger partial charge on any atom is -0.350 e. The lowest BCUT2D eigenvalue weighted by Crippen LogP contribution is -2.40. The molecule has 1 aliphatic heterocycles. The standard InChI is InChI=1S/C24H23N5O2S/c1-28-15-18(22(30)23(31)29-11-3-2-4-12-29)17-14-16(7-8-20(17)28)26-24-25-10-9-19(27-24)21-6-5-13-32-21/h5-10,13-15H,2-4,11-12H2,1H3,(H,25,26,27). The van der Waals surface area contributed by atoms with Gasteiger partial charge in [-0.3, -0.25) is 9.59 Å². The van der Waals surface area contributed by atoms with Crippen LogP contribution in [0.5, 0.6) is 0 Å². The third kappa shape index (κ3) is 3.89. The molecule has 1 amide bonds. The van der Waals surface area contributed by atoms with E-state index in [2.05, 4.69) is 15.3 Å². The smallest absolute Gasteiger partial charge is 0.295 e. The van der Waals surface area contributed by atoms with Crippen LogP contribution in [0.3, 0.4) is 0 Å². The van der Waals surface area contributed by atoms with Crippen molar-refractivity contribution in [3.05, 3.63) is 59.7 Å². The zero-order chi connectivity index (χ0) is 22.1. The number of carbonyl (C=O) groups excluding carboxylic acids is 2. The number of ketones is 1. The Bertz CT molecular complexity index is 1290. The lowest BCUT2D eigenvalue weighted by atomic mass is 10.1. The van der Waals surface area contributed by atoms with E-state index in [9.17, 15) is 9.59 Å². The van der Waals surface area contributed by atoms with Gasteiger partial charge in [0.15, 0.2) is 0 Å². The molecule has 0 aliphatic carbocycles. The van der Waals surface area contributed by atoms with E-state index >= 15 is 0 Å². The summed E-state index contributed by atoms with van der Waals surface area (Å²) in [6.07, 6.45) is 6.47. The molecular formula is C24H23N5O2S. The molecule has 8 heteroatoms. The molecule has 162 valence electrons. The Morgan fingerprint density at radius 3 is 2.72 bits per heavy atom. The molecule has 4 heterocycles. The maximum absolute atomic E-state index is 13.1. The predicted octanol–water partition coefficient (Wildman–Crippen LogP) is 4.64. The number of aromatic nitrogens is 3. The quantitative estimate of drug-likeness (QED) is 0.358. The lowest BCUT2D eigenvalue weighted by Gasteiger charge is -2.25. The van der Waals surface area contributed by atoms with E-state index in [1.807, 2.05) is 53.4 Å². The molecule has 1 fully saturated rings. The number of fused-ring (bicyclic) bond motifs is 1. The largest absolute Gasteiger partial charge is 0.350 e. The molecule has 3 aromatic heterocycles. The first-order valence-electron chi connectivity index (χ1n) is 10.7. The highest BCUT2D eigenvalue weighted by molar-refractivity contribution is 7.13. The van der Waals surface area contributed by atoms with Crippen LogP contribution in [0.1, 0.15) is 29.6 Å². The van der Waals surface area contributed by atoms with Crippen molar-refractivity contribution < 1.29 is 9.59 Å². The number of nitrogens with one attached hydrogen (secondary N) is 1. The number of thiophene rings is 1. The van der Waals surface area contributed by atoms with Crippen molar-refractivity contribution in [1.82, 2.24) is 19.4 Å². The van der Waals surface area contributed by atoms with Crippen LogP contribution in [0.15, 0.2) is 54.2 Å². The number of nitrogens with zero attached hydrogens (tertiary/aromatic N) is 4. The van der Waals surface area contributed by atoms with Crippen LogP contribution in [0.25, 0.3) is 21.5 Å². The summed E-state index contributed by atoms with van der Waals surface area (Å²) in [5.41, 5.74) is 2.92. The van der Waals surface area contributed by atoms with Gasteiger partial charge in [0.1, 0.15) is 0 Å². The van der Waals surface area contributed by atoms with Crippen LogP contribution in [0.2, 0.25) is 0 Å². The van der Waals surface area contributed by atoms with Crippen LogP contribution in [0, 0.1) is 0 Å². The van der Waals surface area contributed by atoms with Crippen molar-refractivity contribution >= 4 is 45.6 Å². The Kier molecular flexibility index (Phi) is 5.45. The Labute approximate surface area is 189 Å². The van der Waals surface area contributed by atoms with E-state index in [0.29, 0.717) is 24.6 Å². The third-order valence-corrected chi connectivity index (χ3v) is 6.65. The Morgan fingerprint density at radius 2 is 1.94 bits per heavy atom. The number of piperidine rings is 1. The number of benzene rings is 1. The van der Waals surface area contributed by atoms with Gasteiger partial charge in [0, 0.05) is 49.1 Å². The minimum absolute atomic E-state index is 0.414. The summed E-state index contributed by atoms with van der Waals surface area (Å²) in [5.74, 6) is -0.392. The highest BCUT2D eigenvalue weighted by Gasteiger charge is 2.27. The van der Waals surface area contributed by atoms with Gasteiger partial charge in [-0.1, -0.05) is 6.07 Å². The summed E-state index contributed by atoms with van der Waals surface area (Å²) in [6, 6.07) is 11.6. The van der Waals surface area contributed by atoms with Gasteiger partial charge in [0.05, 0.1) is 16.1 Å². The highest BCUT2D eigenvalue weighted by atomic mass is 32.1. The highest BCUT2D eigenvalue weighted by Crippen LogP contribution is 2.28. The van der Waals surface area contributed by atoms with Gasteiger partial charge in [0.25, 0.3) is 11.7 Å². The number of Topliss-reactive ketones (excluding diaryl/α,β-unsaturated/α-hetero) is 1. The second kappa shape index (κ2) is 8.55. The van der Waals surface area contributed by atoms with Crippen molar-refractivity contribution in [1.29, 1.82) is 0 Å². The van der Waals surface area contributed by atoms with E-state index in [-0.39, 0.29) is 0 Å². The summed E-state index contributed by atoms with van der Waals surface area (Å²) < 4.78 is 1.88. The fourth-order valence-corrected chi connectivity index (χ4v) is 4.81. The summed E-state index contributed by atoms with van der Waals surface area (Å²) in [5, 5.41) is 5.98. The monoisotopic (exact) mass is 445 g/mol. The van der Waals surface area contributed by atoms with E-state index in [0.717, 1.165) is 46.4 Å². The summed E-state index contributed by atoms with van der Waals surface area (Å²) in [4.78, 5) is 37.5. The number of anilines is 2. The molecule has 1 aliphatic rings. The average Bonchev–Trinajstić information content (AvgIpc) is 3.47. The van der Waals surface area contributed by atoms with Crippen molar-refractivity contribution in [2.45, 2.75) is 19.3 Å². The Morgan fingerprint density at radius 1 is 1.09 bits per heavy atom. The van der Waals surface area contributed by atoms with Crippen molar-refractivity contribution in [3.8, 4) is 10.6 Å². The minimum atomic E-state index is -0.453. The molecule has 0 unspecified atom stereocenters. The summed E-state index contributed by atoms with van der Waals surface area (Å²) in [6.45, 7) is 1.31. The van der Waals surface area contributed by atoms with E-state index in [4.69, 9.17) is 0 Å². The van der Waals surface area contributed by atoms with Gasteiger partial charge in [-0.15, -0.1) is 11.3 Å². The molecule has 1 saturated heterocycles. The zero-order valence-corrected chi connectivity index (χ0v) is 18.6. The molecule has 1 N–H and O–H groups in total. The van der Waals surface area contributed by atoms with Gasteiger partial charge in [0.2, 0.25) is 5.95 Å². The fourth-order valence-electron chi connectivity index (χ4n) is 4.12. The average molecular weight is 446 g/mol. The van der Waals surface area contributed by atoms with Crippen LogP contribution >= 0.6 is 11.3 Å². The SMILES string of the molecule is Cn1cc(C(=O)C(=O)N2CCCCC2)c2cc(Nc3nccc(-c4cccs4)n3)ccc21. The van der Waals surface area contributed by atoms with Gasteiger partial charge in [-0.2, -0.15) is 0 Å². The maximum atomic E-state index is 13.1.